The fraction of sp³-hybridized carbons (Fsp3) is 0.476. The van der Waals surface area contributed by atoms with E-state index in [0.29, 0.717) is 12.4 Å². The van der Waals surface area contributed by atoms with Crippen LogP contribution in [0.15, 0.2) is 39.9 Å². The van der Waals surface area contributed by atoms with E-state index in [1.165, 1.54) is 12.7 Å². The first-order valence-corrected chi connectivity index (χ1v) is 9.73. The van der Waals surface area contributed by atoms with E-state index in [-0.39, 0.29) is 11.9 Å². The van der Waals surface area contributed by atoms with E-state index in [9.17, 15) is 4.79 Å². The highest BCUT2D eigenvalue weighted by Crippen LogP contribution is 2.20. The van der Waals surface area contributed by atoms with Crippen molar-refractivity contribution in [3.05, 3.63) is 41.8 Å². The summed E-state index contributed by atoms with van der Waals surface area (Å²) in [5.74, 6) is 1.31. The van der Waals surface area contributed by atoms with Crippen LogP contribution in [0.4, 0.5) is 0 Å². The summed E-state index contributed by atoms with van der Waals surface area (Å²) in [5.41, 5.74) is 2.94. The number of hydrogen-bond donors (Lipinski definition) is 1. The standard InChI is InChI=1S/C21H28N4O3/c1-4-22-21(25-11-9-17(10-12-25)20(26)27-3)23-13-18-14-28-19(24-18)16-7-5-15(2)6-8-16/h5-8,14,17H,4,9-13H2,1-3H3,(H,22,23). The molecule has 0 bridgehead atoms. The Kier molecular flexibility index (Phi) is 6.68. The van der Waals surface area contributed by atoms with Crippen molar-refractivity contribution in [3.63, 3.8) is 0 Å². The molecule has 0 atom stereocenters. The number of hydrogen-bond acceptors (Lipinski definition) is 5. The van der Waals surface area contributed by atoms with Crippen LogP contribution in [0.3, 0.4) is 0 Å². The molecule has 0 saturated carbocycles. The number of rotatable bonds is 5. The minimum absolute atomic E-state index is 0.0169. The maximum absolute atomic E-state index is 11.7. The van der Waals surface area contributed by atoms with E-state index >= 15 is 0 Å². The first kappa shape index (κ1) is 19.9. The zero-order valence-electron chi connectivity index (χ0n) is 16.8. The van der Waals surface area contributed by atoms with Crippen LogP contribution in [0, 0.1) is 12.8 Å². The average Bonchev–Trinajstić information content (AvgIpc) is 3.20. The first-order chi connectivity index (χ1) is 13.6. The zero-order valence-corrected chi connectivity index (χ0v) is 16.8. The summed E-state index contributed by atoms with van der Waals surface area (Å²) in [5, 5.41) is 3.33. The number of esters is 1. The molecular weight excluding hydrogens is 356 g/mol. The van der Waals surface area contributed by atoms with Gasteiger partial charge in [0.1, 0.15) is 12.0 Å². The highest BCUT2D eigenvalue weighted by molar-refractivity contribution is 5.80. The molecule has 1 aliphatic rings. The molecular formula is C21H28N4O3. The van der Waals surface area contributed by atoms with Gasteiger partial charge in [-0.3, -0.25) is 4.79 Å². The van der Waals surface area contributed by atoms with Crippen LogP contribution in [-0.4, -0.2) is 48.6 Å². The molecule has 1 saturated heterocycles. The van der Waals surface area contributed by atoms with Crippen molar-refractivity contribution in [3.8, 4) is 11.5 Å². The molecule has 2 heterocycles. The van der Waals surface area contributed by atoms with Crippen molar-refractivity contribution in [2.24, 2.45) is 10.9 Å². The lowest BCUT2D eigenvalue weighted by molar-refractivity contribution is -0.146. The second-order valence-electron chi connectivity index (χ2n) is 6.96. The van der Waals surface area contributed by atoms with Gasteiger partial charge in [0.2, 0.25) is 5.89 Å². The van der Waals surface area contributed by atoms with Gasteiger partial charge >= 0.3 is 5.97 Å². The van der Waals surface area contributed by atoms with E-state index in [4.69, 9.17) is 14.1 Å². The Bertz CT molecular complexity index is 805. The van der Waals surface area contributed by atoms with Gasteiger partial charge in [-0.2, -0.15) is 0 Å². The van der Waals surface area contributed by atoms with E-state index in [1.807, 2.05) is 31.2 Å². The summed E-state index contributed by atoms with van der Waals surface area (Å²) in [7, 11) is 1.45. The maximum atomic E-state index is 11.7. The van der Waals surface area contributed by atoms with Crippen molar-refractivity contribution in [1.82, 2.24) is 15.2 Å². The van der Waals surface area contributed by atoms with Crippen LogP contribution in [0.5, 0.6) is 0 Å². The highest BCUT2D eigenvalue weighted by atomic mass is 16.5. The fourth-order valence-corrected chi connectivity index (χ4v) is 3.28. The lowest BCUT2D eigenvalue weighted by Crippen LogP contribution is -2.46. The molecule has 0 unspecified atom stereocenters. The number of ether oxygens (including phenoxy) is 1. The number of piperidine rings is 1. The largest absolute Gasteiger partial charge is 0.469 e. The van der Waals surface area contributed by atoms with Crippen molar-refractivity contribution in [2.45, 2.75) is 33.2 Å². The van der Waals surface area contributed by atoms with Gasteiger partial charge in [-0.1, -0.05) is 17.7 Å². The number of nitrogens with one attached hydrogen (secondary N) is 1. The Labute approximate surface area is 165 Å². The summed E-state index contributed by atoms with van der Waals surface area (Å²) in [4.78, 5) is 23.2. The Morgan fingerprint density at radius 1 is 1.32 bits per heavy atom. The molecule has 1 N–H and O–H groups in total. The fourth-order valence-electron chi connectivity index (χ4n) is 3.28. The molecule has 1 aliphatic heterocycles. The summed E-state index contributed by atoms with van der Waals surface area (Å²) < 4.78 is 10.5. The molecule has 1 fully saturated rings. The van der Waals surface area contributed by atoms with E-state index in [2.05, 4.69) is 22.1 Å². The lowest BCUT2D eigenvalue weighted by atomic mass is 9.97. The smallest absolute Gasteiger partial charge is 0.308 e. The quantitative estimate of drug-likeness (QED) is 0.485. The van der Waals surface area contributed by atoms with Crippen molar-refractivity contribution < 1.29 is 13.9 Å². The zero-order chi connectivity index (χ0) is 19.9. The molecule has 28 heavy (non-hydrogen) atoms. The number of carbonyl (C=O) groups is 1. The Morgan fingerprint density at radius 3 is 2.68 bits per heavy atom. The number of methoxy groups -OCH3 is 1. The molecule has 0 radical (unpaired) electrons. The third-order valence-corrected chi connectivity index (χ3v) is 4.90. The van der Waals surface area contributed by atoms with Crippen LogP contribution >= 0.6 is 0 Å². The number of aliphatic imine (C=N–C) groups is 1. The molecule has 2 aromatic rings. The molecule has 0 spiro atoms. The van der Waals surface area contributed by atoms with Crippen molar-refractivity contribution in [2.75, 3.05) is 26.7 Å². The molecule has 7 nitrogen and oxygen atoms in total. The number of carbonyl (C=O) groups excluding carboxylic acids is 1. The lowest BCUT2D eigenvalue weighted by Gasteiger charge is -2.33. The minimum atomic E-state index is -0.118. The van der Waals surface area contributed by atoms with Crippen molar-refractivity contribution in [1.29, 1.82) is 0 Å². The third-order valence-electron chi connectivity index (χ3n) is 4.90. The number of aryl methyl sites for hydroxylation is 1. The van der Waals surface area contributed by atoms with E-state index in [1.54, 1.807) is 6.26 Å². The van der Waals surface area contributed by atoms with Gasteiger partial charge in [0.15, 0.2) is 5.96 Å². The van der Waals surface area contributed by atoms with Crippen LogP contribution in [0.2, 0.25) is 0 Å². The van der Waals surface area contributed by atoms with Crippen molar-refractivity contribution >= 4 is 11.9 Å². The number of nitrogens with zero attached hydrogens (tertiary/aromatic N) is 3. The topological polar surface area (TPSA) is 80.0 Å². The van der Waals surface area contributed by atoms with Gasteiger partial charge < -0.3 is 19.4 Å². The van der Waals surface area contributed by atoms with Gasteiger partial charge in [-0.25, -0.2) is 9.98 Å². The molecule has 0 amide bonds. The molecule has 1 aromatic carbocycles. The summed E-state index contributed by atoms with van der Waals surface area (Å²) >= 11 is 0. The second-order valence-corrected chi connectivity index (χ2v) is 6.96. The van der Waals surface area contributed by atoms with Crippen LogP contribution < -0.4 is 5.32 Å². The van der Waals surface area contributed by atoms with Crippen LogP contribution in [-0.2, 0) is 16.1 Å². The average molecular weight is 384 g/mol. The van der Waals surface area contributed by atoms with Gasteiger partial charge in [0.25, 0.3) is 0 Å². The van der Waals surface area contributed by atoms with E-state index in [0.717, 1.165) is 49.7 Å². The van der Waals surface area contributed by atoms with Gasteiger partial charge in [-0.15, -0.1) is 0 Å². The monoisotopic (exact) mass is 384 g/mol. The van der Waals surface area contributed by atoms with Gasteiger partial charge in [0.05, 0.1) is 19.6 Å². The second kappa shape index (κ2) is 9.39. The molecule has 0 aliphatic carbocycles. The van der Waals surface area contributed by atoms with Gasteiger partial charge in [0, 0.05) is 25.2 Å². The molecule has 3 rings (SSSR count). The molecule has 1 aromatic heterocycles. The predicted octanol–water partition coefficient (Wildman–Crippen LogP) is 3.00. The minimum Gasteiger partial charge on any atom is -0.469 e. The third kappa shape index (κ3) is 4.91. The highest BCUT2D eigenvalue weighted by Gasteiger charge is 2.27. The molecule has 7 heteroatoms. The number of benzene rings is 1. The Hall–Kier alpha value is -2.83. The number of aromatic nitrogens is 1. The number of guanidine groups is 1. The summed E-state index contributed by atoms with van der Waals surface area (Å²) in [6, 6.07) is 8.09. The maximum Gasteiger partial charge on any atom is 0.308 e. The normalized spacial score (nSPS) is 15.5. The number of oxazole rings is 1. The van der Waals surface area contributed by atoms with Gasteiger partial charge in [-0.05, 0) is 38.8 Å². The van der Waals surface area contributed by atoms with Crippen LogP contribution in [0.1, 0.15) is 31.0 Å². The van der Waals surface area contributed by atoms with Crippen LogP contribution in [0.25, 0.3) is 11.5 Å². The summed E-state index contributed by atoms with van der Waals surface area (Å²) in [6.45, 7) is 6.87. The SMILES string of the molecule is CCNC(=NCc1coc(-c2ccc(C)cc2)n1)N1CCC(C(=O)OC)CC1. The number of likely N-dealkylation sites (tertiary alicyclic amines) is 1. The Balaban J connectivity index is 1.63. The molecule has 150 valence electrons. The predicted molar refractivity (Wildman–Crippen MR) is 108 cm³/mol. The Morgan fingerprint density at radius 2 is 2.04 bits per heavy atom. The van der Waals surface area contributed by atoms with E-state index < -0.39 is 0 Å². The summed E-state index contributed by atoms with van der Waals surface area (Å²) in [6.07, 6.45) is 3.21. The first-order valence-electron chi connectivity index (χ1n) is 9.73.